The first kappa shape index (κ1) is 19.0. The van der Waals surface area contributed by atoms with Crippen molar-refractivity contribution in [3.63, 3.8) is 0 Å². The summed E-state index contributed by atoms with van der Waals surface area (Å²) >= 11 is 9.33. The van der Waals surface area contributed by atoms with Gasteiger partial charge in [0.05, 0.1) is 17.2 Å². The molecule has 0 bridgehead atoms. The quantitative estimate of drug-likeness (QED) is 0.504. The van der Waals surface area contributed by atoms with Crippen molar-refractivity contribution in [2.24, 2.45) is 0 Å². The molecule has 0 atom stereocenters. The third-order valence-electron chi connectivity index (χ3n) is 3.07. The molecule has 1 amide bonds. The molecule has 1 aromatic rings. The van der Waals surface area contributed by atoms with Crippen LogP contribution in [0, 0.1) is 0 Å². The number of amides is 1. The highest BCUT2D eigenvalue weighted by Crippen LogP contribution is 2.21. The van der Waals surface area contributed by atoms with Crippen LogP contribution in [-0.4, -0.2) is 25.0 Å². The van der Waals surface area contributed by atoms with Gasteiger partial charge in [0.15, 0.2) is 0 Å². The van der Waals surface area contributed by atoms with Gasteiger partial charge in [-0.3, -0.25) is 9.59 Å². The SMILES string of the molecule is CCOC(=O)CCCCCCNC(=O)c1ccc(Br)cc1Cl. The van der Waals surface area contributed by atoms with Gasteiger partial charge in [-0.15, -0.1) is 0 Å². The van der Waals surface area contributed by atoms with Gasteiger partial charge in [-0.2, -0.15) is 0 Å². The van der Waals surface area contributed by atoms with Gasteiger partial charge in [-0.05, 0) is 38.0 Å². The van der Waals surface area contributed by atoms with Crippen LogP contribution >= 0.6 is 27.5 Å². The number of rotatable bonds is 9. The van der Waals surface area contributed by atoms with Crippen molar-refractivity contribution in [1.29, 1.82) is 0 Å². The van der Waals surface area contributed by atoms with E-state index in [1.165, 1.54) is 0 Å². The van der Waals surface area contributed by atoms with E-state index in [1.807, 2.05) is 0 Å². The first-order valence-corrected chi connectivity index (χ1v) is 8.60. The monoisotopic (exact) mass is 389 g/mol. The van der Waals surface area contributed by atoms with E-state index in [0.717, 1.165) is 30.2 Å². The fraction of sp³-hybridized carbons (Fsp3) is 0.500. The molecule has 0 heterocycles. The van der Waals surface area contributed by atoms with E-state index in [-0.39, 0.29) is 11.9 Å². The predicted molar refractivity (Wildman–Crippen MR) is 91.2 cm³/mol. The van der Waals surface area contributed by atoms with Gasteiger partial charge in [-0.1, -0.05) is 40.4 Å². The third-order valence-corrected chi connectivity index (χ3v) is 3.88. The van der Waals surface area contributed by atoms with E-state index in [2.05, 4.69) is 21.2 Å². The lowest BCUT2D eigenvalue weighted by molar-refractivity contribution is -0.143. The maximum atomic E-state index is 12.0. The Balaban J connectivity index is 2.14. The van der Waals surface area contributed by atoms with E-state index >= 15 is 0 Å². The molecular formula is C16H21BrClNO3. The largest absolute Gasteiger partial charge is 0.466 e. The molecule has 122 valence electrons. The average molecular weight is 391 g/mol. The van der Waals surface area contributed by atoms with Crippen LogP contribution in [0.4, 0.5) is 0 Å². The van der Waals surface area contributed by atoms with Gasteiger partial charge < -0.3 is 10.1 Å². The fourth-order valence-electron chi connectivity index (χ4n) is 1.95. The van der Waals surface area contributed by atoms with Crippen molar-refractivity contribution >= 4 is 39.4 Å². The highest BCUT2D eigenvalue weighted by atomic mass is 79.9. The molecule has 0 aromatic heterocycles. The van der Waals surface area contributed by atoms with Gasteiger partial charge >= 0.3 is 5.97 Å². The molecule has 0 aliphatic carbocycles. The zero-order valence-electron chi connectivity index (χ0n) is 12.7. The number of ether oxygens (including phenoxy) is 1. The molecule has 0 aliphatic heterocycles. The summed E-state index contributed by atoms with van der Waals surface area (Å²) < 4.78 is 5.70. The first-order valence-electron chi connectivity index (χ1n) is 7.43. The Labute approximate surface area is 144 Å². The van der Waals surface area contributed by atoms with E-state index < -0.39 is 0 Å². The molecule has 1 rings (SSSR count). The molecule has 1 N–H and O–H groups in total. The fourth-order valence-corrected chi connectivity index (χ4v) is 2.71. The van der Waals surface area contributed by atoms with Gasteiger partial charge in [0.2, 0.25) is 0 Å². The number of esters is 1. The van der Waals surface area contributed by atoms with Crippen molar-refractivity contribution in [2.45, 2.75) is 39.0 Å². The van der Waals surface area contributed by atoms with Crippen LogP contribution in [0.3, 0.4) is 0 Å². The number of unbranched alkanes of at least 4 members (excludes halogenated alkanes) is 3. The predicted octanol–water partition coefficient (Wildman–Crippen LogP) is 4.35. The Bertz CT molecular complexity index is 508. The van der Waals surface area contributed by atoms with Crippen molar-refractivity contribution < 1.29 is 14.3 Å². The summed E-state index contributed by atoms with van der Waals surface area (Å²) in [5.74, 6) is -0.301. The lowest BCUT2D eigenvalue weighted by Gasteiger charge is -2.07. The smallest absolute Gasteiger partial charge is 0.305 e. The van der Waals surface area contributed by atoms with Gasteiger partial charge in [0, 0.05) is 17.4 Å². The number of hydrogen-bond acceptors (Lipinski definition) is 3. The minimum atomic E-state index is -0.163. The number of benzene rings is 1. The topological polar surface area (TPSA) is 55.4 Å². The lowest BCUT2D eigenvalue weighted by Crippen LogP contribution is -2.24. The summed E-state index contributed by atoms with van der Waals surface area (Å²) in [5, 5.41) is 3.28. The summed E-state index contributed by atoms with van der Waals surface area (Å²) in [6, 6.07) is 5.18. The summed E-state index contributed by atoms with van der Waals surface area (Å²) in [6.07, 6.45) is 4.09. The Morgan fingerprint density at radius 3 is 2.64 bits per heavy atom. The van der Waals surface area contributed by atoms with Crippen molar-refractivity contribution in [3.05, 3.63) is 33.3 Å². The molecule has 0 aliphatic rings. The average Bonchev–Trinajstić information content (AvgIpc) is 2.46. The van der Waals surface area contributed by atoms with Crippen molar-refractivity contribution in [3.8, 4) is 0 Å². The summed E-state index contributed by atoms with van der Waals surface area (Å²) in [6.45, 7) is 2.84. The minimum Gasteiger partial charge on any atom is -0.466 e. The Hall–Kier alpha value is -1.07. The summed E-state index contributed by atoms with van der Waals surface area (Å²) in [4.78, 5) is 23.1. The standard InChI is InChI=1S/C16H21BrClNO3/c1-2-22-15(20)7-5-3-4-6-10-19-16(21)13-9-8-12(17)11-14(13)18/h8-9,11H,2-7,10H2,1H3,(H,19,21). The molecule has 22 heavy (non-hydrogen) atoms. The van der Waals surface area contributed by atoms with Gasteiger partial charge in [-0.25, -0.2) is 0 Å². The normalized spacial score (nSPS) is 10.3. The van der Waals surface area contributed by atoms with Crippen LogP contribution in [-0.2, 0) is 9.53 Å². The van der Waals surface area contributed by atoms with Crippen LogP contribution < -0.4 is 5.32 Å². The van der Waals surface area contributed by atoms with Gasteiger partial charge in [0.1, 0.15) is 0 Å². The molecule has 1 aromatic carbocycles. The van der Waals surface area contributed by atoms with E-state index in [4.69, 9.17) is 16.3 Å². The Morgan fingerprint density at radius 1 is 1.23 bits per heavy atom. The van der Waals surface area contributed by atoms with Crippen LogP contribution in [0.5, 0.6) is 0 Å². The van der Waals surface area contributed by atoms with Crippen LogP contribution in [0.25, 0.3) is 0 Å². The minimum absolute atomic E-state index is 0.138. The Morgan fingerprint density at radius 2 is 1.95 bits per heavy atom. The van der Waals surface area contributed by atoms with Crippen LogP contribution in [0.1, 0.15) is 49.4 Å². The van der Waals surface area contributed by atoms with E-state index in [0.29, 0.717) is 30.2 Å². The molecule has 0 saturated heterocycles. The molecule has 0 unspecified atom stereocenters. The molecule has 0 radical (unpaired) electrons. The zero-order valence-corrected chi connectivity index (χ0v) is 15.0. The van der Waals surface area contributed by atoms with Crippen molar-refractivity contribution in [2.75, 3.05) is 13.2 Å². The second kappa shape index (κ2) is 10.6. The first-order chi connectivity index (χ1) is 10.5. The highest BCUT2D eigenvalue weighted by Gasteiger charge is 2.09. The molecular weight excluding hydrogens is 370 g/mol. The number of carbonyl (C=O) groups excluding carboxylic acids is 2. The molecule has 6 heteroatoms. The number of halogens is 2. The van der Waals surface area contributed by atoms with E-state index in [9.17, 15) is 9.59 Å². The molecule has 4 nitrogen and oxygen atoms in total. The molecule has 0 fully saturated rings. The Kier molecular flexibility index (Phi) is 9.16. The maximum Gasteiger partial charge on any atom is 0.305 e. The number of hydrogen-bond donors (Lipinski definition) is 1. The molecule has 0 spiro atoms. The highest BCUT2D eigenvalue weighted by molar-refractivity contribution is 9.10. The number of nitrogens with one attached hydrogen (secondary N) is 1. The van der Waals surface area contributed by atoms with Gasteiger partial charge in [0.25, 0.3) is 5.91 Å². The molecule has 0 saturated carbocycles. The van der Waals surface area contributed by atoms with Crippen LogP contribution in [0.2, 0.25) is 5.02 Å². The number of carbonyl (C=O) groups is 2. The second-order valence-corrected chi connectivity index (χ2v) is 6.17. The third kappa shape index (κ3) is 7.27. The van der Waals surface area contributed by atoms with Crippen molar-refractivity contribution in [1.82, 2.24) is 5.32 Å². The van der Waals surface area contributed by atoms with Crippen LogP contribution in [0.15, 0.2) is 22.7 Å². The van der Waals surface area contributed by atoms with E-state index in [1.54, 1.807) is 25.1 Å². The second-order valence-electron chi connectivity index (χ2n) is 4.85. The zero-order chi connectivity index (χ0) is 16.4. The lowest BCUT2D eigenvalue weighted by atomic mass is 10.1. The summed E-state index contributed by atoms with van der Waals surface area (Å²) in [7, 11) is 0. The summed E-state index contributed by atoms with van der Waals surface area (Å²) in [5.41, 5.74) is 0.479. The maximum absolute atomic E-state index is 12.0.